The molecule has 4 heterocycles. The van der Waals surface area contributed by atoms with Gasteiger partial charge in [-0.05, 0) is 57.3 Å². The van der Waals surface area contributed by atoms with Crippen molar-refractivity contribution in [3.8, 4) is 22.3 Å². The third-order valence-electron chi connectivity index (χ3n) is 11.9. The molecule has 4 aromatic heterocycles. The van der Waals surface area contributed by atoms with Gasteiger partial charge < -0.3 is 8.80 Å². The Kier molecular flexibility index (Phi) is 5.69. The molecule has 52 heavy (non-hydrogen) atoms. The van der Waals surface area contributed by atoms with E-state index in [1.54, 1.807) is 0 Å². The Morgan fingerprint density at radius 3 is 1.12 bits per heavy atom. The zero-order valence-electron chi connectivity index (χ0n) is 30.6. The molecular weight excluding hydrogens is 629 g/mol. The van der Waals surface area contributed by atoms with Gasteiger partial charge in [-0.2, -0.15) is 0 Å². The molecule has 0 radical (unpaired) electrons. The summed E-state index contributed by atoms with van der Waals surface area (Å²) in [6.45, 7) is 13.9. The Morgan fingerprint density at radius 1 is 0.346 bits per heavy atom. The van der Waals surface area contributed by atoms with Gasteiger partial charge in [-0.3, -0.25) is 0 Å². The van der Waals surface area contributed by atoms with Gasteiger partial charge in [0, 0.05) is 54.2 Å². The summed E-state index contributed by atoms with van der Waals surface area (Å²) >= 11 is 0. The van der Waals surface area contributed by atoms with Gasteiger partial charge in [0.1, 0.15) is 0 Å². The lowest BCUT2D eigenvalue weighted by Gasteiger charge is -2.19. The molecule has 2 heteroatoms. The molecule has 2 nitrogen and oxygen atoms in total. The predicted molar refractivity (Wildman–Crippen MR) is 224 cm³/mol. The van der Waals surface area contributed by atoms with Gasteiger partial charge in [-0.25, -0.2) is 0 Å². The number of aromatic nitrogens is 2. The second kappa shape index (κ2) is 9.92. The van der Waals surface area contributed by atoms with Crippen LogP contribution >= 0.6 is 0 Å². The minimum atomic E-state index is 0.0569. The topological polar surface area (TPSA) is 8.82 Å². The molecule has 250 valence electrons. The van der Waals surface area contributed by atoms with Crippen LogP contribution in [0.1, 0.15) is 52.7 Å². The zero-order valence-corrected chi connectivity index (χ0v) is 30.6. The van der Waals surface area contributed by atoms with Crippen LogP contribution in [0.4, 0.5) is 0 Å². The van der Waals surface area contributed by atoms with Crippen molar-refractivity contribution in [2.24, 2.45) is 0 Å². The Labute approximate surface area is 303 Å². The van der Waals surface area contributed by atoms with E-state index in [0.717, 1.165) is 0 Å². The summed E-state index contributed by atoms with van der Waals surface area (Å²) in [7, 11) is 0. The number of nitrogens with zero attached hydrogens (tertiary/aromatic N) is 2. The lowest BCUT2D eigenvalue weighted by molar-refractivity contribution is 0.591. The van der Waals surface area contributed by atoms with Crippen LogP contribution in [-0.4, -0.2) is 8.80 Å². The second-order valence-electron chi connectivity index (χ2n) is 17.0. The quantitative estimate of drug-likeness (QED) is 0.173. The molecule has 0 bridgehead atoms. The molecule has 0 amide bonds. The fourth-order valence-corrected chi connectivity index (χ4v) is 9.41. The van der Waals surface area contributed by atoms with Gasteiger partial charge in [-0.15, -0.1) is 0 Å². The molecule has 0 spiro atoms. The van der Waals surface area contributed by atoms with Gasteiger partial charge in [0.05, 0.1) is 33.1 Å². The van der Waals surface area contributed by atoms with Crippen LogP contribution in [0.3, 0.4) is 0 Å². The fraction of sp³-hybridized carbons (Fsp3) is 0.160. The second-order valence-corrected chi connectivity index (χ2v) is 17.0. The van der Waals surface area contributed by atoms with Crippen LogP contribution < -0.4 is 0 Å². The number of rotatable bonds is 2. The maximum Gasteiger partial charge on any atom is 0.0634 e. The average Bonchev–Trinajstić information content (AvgIpc) is 3.87. The first-order valence-corrected chi connectivity index (χ1v) is 18.6. The molecular formula is C50H40N2. The van der Waals surface area contributed by atoms with Gasteiger partial charge in [0.2, 0.25) is 0 Å². The maximum absolute atomic E-state index is 2.61. The SMILES string of the molecule is CC(C)(C)c1ccc2c(c1)c1cccc3c4c(-c5ccccc5)c5c(c(-c6ccccc6)c4n2c13)c1cccc2c3cc(C(C)(C)C)ccc3n5c21. The molecule has 11 aromatic rings. The van der Waals surface area contributed by atoms with E-state index in [9.17, 15) is 0 Å². The van der Waals surface area contributed by atoms with Crippen LogP contribution in [0.5, 0.6) is 0 Å². The van der Waals surface area contributed by atoms with Crippen LogP contribution in [0.2, 0.25) is 0 Å². The van der Waals surface area contributed by atoms with E-state index in [1.807, 2.05) is 0 Å². The summed E-state index contributed by atoms with van der Waals surface area (Å²) in [6.07, 6.45) is 0. The van der Waals surface area contributed by atoms with Gasteiger partial charge in [0.25, 0.3) is 0 Å². The Morgan fingerprint density at radius 2 is 0.731 bits per heavy atom. The number of hydrogen-bond acceptors (Lipinski definition) is 0. The van der Waals surface area contributed by atoms with Crippen molar-refractivity contribution < 1.29 is 0 Å². The van der Waals surface area contributed by atoms with E-state index >= 15 is 0 Å². The first-order valence-electron chi connectivity index (χ1n) is 18.6. The summed E-state index contributed by atoms with van der Waals surface area (Å²) in [6, 6.07) is 50.6. The first-order chi connectivity index (χ1) is 25.1. The van der Waals surface area contributed by atoms with Crippen molar-refractivity contribution in [1.82, 2.24) is 8.80 Å². The molecule has 0 aliphatic carbocycles. The first kappa shape index (κ1) is 29.8. The summed E-state index contributed by atoms with van der Waals surface area (Å²) < 4.78 is 5.22. The van der Waals surface area contributed by atoms with E-state index in [0.29, 0.717) is 0 Å². The molecule has 0 atom stereocenters. The fourth-order valence-electron chi connectivity index (χ4n) is 9.41. The Hall–Kier alpha value is -5.86. The van der Waals surface area contributed by atoms with Crippen LogP contribution in [-0.2, 0) is 10.8 Å². The normalized spacial score (nSPS) is 13.2. The van der Waals surface area contributed by atoms with Crippen molar-refractivity contribution in [2.45, 2.75) is 52.4 Å². The highest BCUT2D eigenvalue weighted by atomic mass is 14.9. The van der Waals surface area contributed by atoms with Crippen molar-refractivity contribution in [3.63, 3.8) is 0 Å². The van der Waals surface area contributed by atoms with E-state index < -0.39 is 0 Å². The number of benzene rings is 7. The molecule has 0 saturated heterocycles. The Balaban J connectivity index is 1.48. The van der Waals surface area contributed by atoms with Gasteiger partial charge >= 0.3 is 0 Å². The predicted octanol–water partition coefficient (Wildman–Crippen LogP) is 13.9. The van der Waals surface area contributed by atoms with Crippen molar-refractivity contribution in [2.75, 3.05) is 0 Å². The molecule has 0 fully saturated rings. The third-order valence-corrected chi connectivity index (χ3v) is 11.9. The van der Waals surface area contributed by atoms with E-state index in [1.165, 1.54) is 110 Å². The smallest absolute Gasteiger partial charge is 0.0634 e. The number of para-hydroxylation sites is 2. The van der Waals surface area contributed by atoms with Crippen molar-refractivity contribution >= 4 is 76.2 Å². The average molecular weight is 669 g/mol. The summed E-state index contributed by atoms with van der Waals surface area (Å²) in [5.41, 5.74) is 15.6. The molecule has 0 saturated carbocycles. The zero-order chi connectivity index (χ0) is 35.3. The maximum atomic E-state index is 2.61. The molecule has 11 rings (SSSR count). The standard InChI is InChI=1S/C50H40N2/c1-49(2,3)31-23-25-39-37(27-31)33-19-13-21-35-43-42(30-17-11-8-12-18-30)48-44(41(29-15-9-7-10-16-29)47(43)51(39)45(33)35)36-22-14-20-34-38-28-32(50(4,5)6)24-26-40(38)52(48)46(34)36/h7-28H,1-6H3. The van der Waals surface area contributed by atoms with Crippen molar-refractivity contribution in [1.29, 1.82) is 0 Å². The third kappa shape index (κ3) is 3.74. The Bertz CT molecular complexity index is 2990. The van der Waals surface area contributed by atoms with E-state index in [4.69, 9.17) is 0 Å². The van der Waals surface area contributed by atoms with Crippen LogP contribution in [0.15, 0.2) is 133 Å². The van der Waals surface area contributed by atoms with E-state index in [-0.39, 0.29) is 10.8 Å². The van der Waals surface area contributed by atoms with Gasteiger partial charge in [-0.1, -0.05) is 151 Å². The molecule has 0 unspecified atom stereocenters. The summed E-state index contributed by atoms with van der Waals surface area (Å²) in [5, 5.41) is 10.5. The highest BCUT2D eigenvalue weighted by Crippen LogP contribution is 2.54. The van der Waals surface area contributed by atoms with Crippen LogP contribution in [0, 0.1) is 0 Å². The van der Waals surface area contributed by atoms with Crippen LogP contribution in [0.25, 0.3) is 98.4 Å². The molecule has 0 aliphatic rings. The minimum Gasteiger partial charge on any atom is -0.307 e. The number of hydrogen-bond donors (Lipinski definition) is 0. The largest absolute Gasteiger partial charge is 0.307 e. The summed E-state index contributed by atoms with van der Waals surface area (Å²) in [4.78, 5) is 0. The highest BCUT2D eigenvalue weighted by molar-refractivity contribution is 6.38. The van der Waals surface area contributed by atoms with E-state index in [2.05, 4.69) is 184 Å². The molecule has 0 N–H and O–H groups in total. The minimum absolute atomic E-state index is 0.0569. The molecule has 0 aliphatic heterocycles. The number of fused-ring (bicyclic) bond motifs is 12. The van der Waals surface area contributed by atoms with Gasteiger partial charge in [0.15, 0.2) is 0 Å². The highest BCUT2D eigenvalue weighted by Gasteiger charge is 2.31. The monoisotopic (exact) mass is 668 g/mol. The lowest BCUT2D eigenvalue weighted by atomic mass is 9.86. The van der Waals surface area contributed by atoms with Crippen molar-refractivity contribution in [3.05, 3.63) is 145 Å². The lowest BCUT2D eigenvalue weighted by Crippen LogP contribution is -2.10. The molecule has 7 aromatic carbocycles. The summed E-state index contributed by atoms with van der Waals surface area (Å²) in [5.74, 6) is 0.